The number of rotatable bonds is 14. The van der Waals surface area contributed by atoms with E-state index in [4.69, 9.17) is 4.74 Å². The number of fused-ring (bicyclic) bond motifs is 1. The van der Waals surface area contributed by atoms with Gasteiger partial charge >= 0.3 is 5.97 Å². The Morgan fingerprint density at radius 3 is 2.53 bits per heavy atom. The summed E-state index contributed by atoms with van der Waals surface area (Å²) >= 11 is 0. The summed E-state index contributed by atoms with van der Waals surface area (Å²) in [5.74, 6) is -0.479. The van der Waals surface area contributed by atoms with Crippen molar-refractivity contribution >= 4 is 34.4 Å². The number of pyridine rings is 1. The van der Waals surface area contributed by atoms with Crippen LogP contribution >= 0.6 is 0 Å². The molecule has 2 aromatic heterocycles. The van der Waals surface area contributed by atoms with E-state index in [0.717, 1.165) is 28.6 Å². The van der Waals surface area contributed by atoms with Crippen molar-refractivity contribution in [2.75, 3.05) is 11.9 Å². The van der Waals surface area contributed by atoms with Crippen LogP contribution in [0.15, 0.2) is 122 Å². The van der Waals surface area contributed by atoms with Crippen LogP contribution in [0.1, 0.15) is 33.6 Å². The molecule has 0 fully saturated rings. The molecule has 43 heavy (non-hydrogen) atoms. The van der Waals surface area contributed by atoms with Gasteiger partial charge in [0.15, 0.2) is 5.78 Å². The van der Waals surface area contributed by atoms with Crippen LogP contribution in [0, 0.1) is 0 Å². The molecule has 1 unspecified atom stereocenters. The van der Waals surface area contributed by atoms with Crippen LogP contribution in [0.5, 0.6) is 5.75 Å². The van der Waals surface area contributed by atoms with Gasteiger partial charge in [-0.3, -0.25) is 9.78 Å². The molecule has 5 rings (SSSR count). The molecule has 0 amide bonds. The summed E-state index contributed by atoms with van der Waals surface area (Å²) in [6.45, 7) is 4.86. The number of allylic oxidation sites excluding steroid dienone is 2. The highest BCUT2D eigenvalue weighted by atomic mass is 16.5. The monoisotopic (exact) mass is 571 g/mol. The predicted octanol–water partition coefficient (Wildman–Crippen LogP) is 7.04. The normalized spacial score (nSPS) is 11.8. The van der Waals surface area contributed by atoms with Crippen molar-refractivity contribution < 1.29 is 19.4 Å². The first-order chi connectivity index (χ1) is 21.0. The lowest BCUT2D eigenvalue weighted by Gasteiger charge is -2.18. The Hall–Kier alpha value is -5.43. The van der Waals surface area contributed by atoms with E-state index in [0.29, 0.717) is 35.7 Å². The number of hydrogen-bond acceptors (Lipinski definition) is 5. The Balaban J connectivity index is 1.23. The first-order valence-electron chi connectivity index (χ1n) is 14.1. The number of ketones is 1. The Morgan fingerprint density at radius 2 is 1.77 bits per heavy atom. The molecule has 0 aliphatic rings. The molecule has 0 saturated carbocycles. The van der Waals surface area contributed by atoms with E-state index >= 15 is 0 Å². The van der Waals surface area contributed by atoms with Gasteiger partial charge in [-0.1, -0.05) is 66.7 Å². The van der Waals surface area contributed by atoms with E-state index in [-0.39, 0.29) is 12.2 Å². The maximum absolute atomic E-state index is 13.1. The predicted molar refractivity (Wildman–Crippen MR) is 171 cm³/mol. The van der Waals surface area contributed by atoms with E-state index in [2.05, 4.69) is 39.7 Å². The fourth-order valence-electron chi connectivity index (χ4n) is 4.95. The van der Waals surface area contributed by atoms with Crippen molar-refractivity contribution in [3.8, 4) is 5.75 Å². The first kappa shape index (κ1) is 29.1. The highest BCUT2D eigenvalue weighted by Gasteiger charge is 2.21. The van der Waals surface area contributed by atoms with Gasteiger partial charge in [0.25, 0.3) is 0 Å². The average Bonchev–Trinajstić information content (AvgIpc) is 3.39. The number of aliphatic carboxylic acids is 1. The van der Waals surface area contributed by atoms with Gasteiger partial charge in [-0.2, -0.15) is 0 Å². The Bertz CT molecular complexity index is 1740. The molecule has 5 aromatic rings. The van der Waals surface area contributed by atoms with Gasteiger partial charge in [0.05, 0.1) is 18.3 Å². The Morgan fingerprint density at radius 1 is 1.00 bits per heavy atom. The van der Waals surface area contributed by atoms with E-state index < -0.39 is 12.0 Å². The molecule has 0 aliphatic carbocycles. The van der Waals surface area contributed by atoms with Gasteiger partial charge in [-0.05, 0) is 54.5 Å². The first-order valence-corrected chi connectivity index (χ1v) is 14.1. The van der Waals surface area contributed by atoms with Crippen LogP contribution in [0.3, 0.4) is 0 Å². The Labute approximate surface area is 250 Å². The zero-order valence-electron chi connectivity index (χ0n) is 23.7. The number of carboxylic acids is 1. The second-order valence-corrected chi connectivity index (χ2v) is 10.1. The van der Waals surface area contributed by atoms with Crippen molar-refractivity contribution in [3.63, 3.8) is 0 Å². The van der Waals surface area contributed by atoms with E-state index in [9.17, 15) is 14.7 Å². The minimum Gasteiger partial charge on any atom is -0.492 e. The number of carbonyl (C=O) groups excluding carboxylic acids is 1. The fraction of sp³-hybridized carbons (Fsp3) is 0.139. The maximum atomic E-state index is 13.1. The minimum absolute atomic E-state index is 0.168. The summed E-state index contributed by atoms with van der Waals surface area (Å²) in [5.41, 5.74) is 4.39. The van der Waals surface area contributed by atoms with Gasteiger partial charge in [-0.15, -0.1) is 6.58 Å². The lowest BCUT2D eigenvalue weighted by atomic mass is 10.00. The number of carbonyl (C=O) groups is 2. The summed E-state index contributed by atoms with van der Waals surface area (Å²) in [6.07, 6.45) is 10.7. The van der Waals surface area contributed by atoms with Crippen LogP contribution in [-0.4, -0.2) is 39.1 Å². The van der Waals surface area contributed by atoms with Crippen molar-refractivity contribution in [3.05, 3.63) is 145 Å². The summed E-state index contributed by atoms with van der Waals surface area (Å²) in [5, 5.41) is 14.2. The molecule has 0 bridgehead atoms. The molecule has 0 aliphatic heterocycles. The highest BCUT2D eigenvalue weighted by molar-refractivity contribution is 6.12. The van der Waals surface area contributed by atoms with Crippen molar-refractivity contribution in [2.45, 2.75) is 25.4 Å². The van der Waals surface area contributed by atoms with Crippen LogP contribution in [0.25, 0.3) is 17.0 Å². The van der Waals surface area contributed by atoms with Crippen LogP contribution in [0.4, 0.5) is 5.69 Å². The topological polar surface area (TPSA) is 93.5 Å². The smallest absolute Gasteiger partial charge is 0.326 e. The second-order valence-electron chi connectivity index (χ2n) is 10.1. The second kappa shape index (κ2) is 14.0. The number of anilines is 1. The molecule has 0 radical (unpaired) electrons. The largest absolute Gasteiger partial charge is 0.492 e. The zero-order valence-corrected chi connectivity index (χ0v) is 23.7. The highest BCUT2D eigenvalue weighted by Crippen LogP contribution is 2.23. The van der Waals surface area contributed by atoms with Gasteiger partial charge in [0, 0.05) is 40.5 Å². The molecule has 3 aromatic carbocycles. The fourth-order valence-corrected chi connectivity index (χ4v) is 4.95. The lowest BCUT2D eigenvalue weighted by Crippen LogP contribution is -2.32. The van der Waals surface area contributed by atoms with Crippen LogP contribution < -0.4 is 10.1 Å². The molecule has 216 valence electrons. The van der Waals surface area contributed by atoms with E-state index in [1.165, 1.54) is 0 Å². The number of para-hydroxylation sites is 1. The maximum Gasteiger partial charge on any atom is 0.326 e. The van der Waals surface area contributed by atoms with Gasteiger partial charge in [0.2, 0.25) is 0 Å². The zero-order chi connectivity index (χ0) is 30.0. The molecular formula is C36H33N3O4. The summed E-state index contributed by atoms with van der Waals surface area (Å²) < 4.78 is 8.23. The summed E-state index contributed by atoms with van der Waals surface area (Å²) in [6, 6.07) is 26.6. The number of ether oxygens (including phenoxy) is 1. The number of aromatic nitrogens is 2. The number of benzene rings is 3. The number of nitrogens with one attached hydrogen (secondary N) is 1. The molecule has 2 N–H and O–H groups in total. The SMILES string of the molecule is C=CCC=Cc1cc2ccncc2n1CCOc1ccc(CC(Nc2ccccc2C(=O)c2ccccc2)C(=O)O)cc1. The van der Waals surface area contributed by atoms with Gasteiger partial charge < -0.3 is 19.7 Å². The average molecular weight is 572 g/mol. The van der Waals surface area contributed by atoms with E-state index in [1.54, 1.807) is 54.7 Å². The molecule has 0 saturated heterocycles. The van der Waals surface area contributed by atoms with Crippen LogP contribution in [0.2, 0.25) is 0 Å². The molecule has 7 heteroatoms. The summed E-state index contributed by atoms with van der Waals surface area (Å²) in [7, 11) is 0. The third-order valence-electron chi connectivity index (χ3n) is 7.11. The van der Waals surface area contributed by atoms with Gasteiger partial charge in [0.1, 0.15) is 18.4 Å². The molecule has 7 nitrogen and oxygen atoms in total. The van der Waals surface area contributed by atoms with Crippen molar-refractivity contribution in [1.29, 1.82) is 0 Å². The van der Waals surface area contributed by atoms with Crippen molar-refractivity contribution in [1.82, 2.24) is 9.55 Å². The molecule has 2 heterocycles. The number of nitrogens with zero attached hydrogens (tertiary/aromatic N) is 2. The van der Waals surface area contributed by atoms with E-state index in [1.807, 2.05) is 48.7 Å². The third kappa shape index (κ3) is 7.26. The summed E-state index contributed by atoms with van der Waals surface area (Å²) in [4.78, 5) is 29.6. The lowest BCUT2D eigenvalue weighted by molar-refractivity contribution is -0.137. The molecule has 1 atom stereocenters. The quantitative estimate of drug-likeness (QED) is 0.110. The number of carboxylic acid groups (broad SMARTS) is 1. The Kier molecular flexibility index (Phi) is 9.44. The van der Waals surface area contributed by atoms with Crippen LogP contribution in [-0.2, 0) is 17.8 Å². The number of hydrogen-bond donors (Lipinski definition) is 2. The minimum atomic E-state index is -1.01. The van der Waals surface area contributed by atoms with Crippen molar-refractivity contribution in [2.24, 2.45) is 0 Å². The molecule has 0 spiro atoms. The third-order valence-corrected chi connectivity index (χ3v) is 7.11. The van der Waals surface area contributed by atoms with Gasteiger partial charge in [-0.25, -0.2) is 4.79 Å². The standard InChI is InChI=1S/C36H33N3O4/c1-2-3-5-12-29-24-28-19-20-37-25-34(28)39(29)21-22-43-30-17-15-26(16-18-30)23-33(36(41)42)38-32-14-9-8-13-31(32)35(40)27-10-6-4-7-11-27/h2,4-20,24-25,33,38H,1,3,21-23H2,(H,41,42). The molecular weight excluding hydrogens is 538 g/mol.